The van der Waals surface area contributed by atoms with E-state index in [1.807, 2.05) is 25.1 Å². The van der Waals surface area contributed by atoms with Gasteiger partial charge < -0.3 is 10.4 Å². The number of hydrogen-bond donors (Lipinski definition) is 2. The monoisotopic (exact) mass is 289 g/mol. The van der Waals surface area contributed by atoms with Crippen molar-refractivity contribution >= 4 is 22.8 Å². The van der Waals surface area contributed by atoms with Crippen LogP contribution >= 0.6 is 0 Å². The van der Waals surface area contributed by atoms with Crippen LogP contribution in [0.5, 0.6) is 0 Å². The lowest BCUT2D eigenvalue weighted by atomic mass is 9.99. The van der Waals surface area contributed by atoms with E-state index >= 15 is 0 Å². The summed E-state index contributed by atoms with van der Waals surface area (Å²) in [6, 6.07) is 6.44. The lowest BCUT2D eigenvalue weighted by molar-refractivity contribution is -0.140. The number of fused-ring (bicyclic) bond motifs is 1. The van der Waals surface area contributed by atoms with E-state index in [4.69, 9.17) is 0 Å². The molecule has 2 rings (SSSR count). The highest BCUT2D eigenvalue weighted by Crippen LogP contribution is 2.18. The highest BCUT2D eigenvalue weighted by Gasteiger charge is 2.27. The predicted molar refractivity (Wildman–Crippen MR) is 79.1 cm³/mol. The number of carboxylic acid groups (broad SMARTS) is 1. The van der Waals surface area contributed by atoms with E-state index in [9.17, 15) is 14.7 Å². The molecule has 0 saturated carbocycles. The number of aliphatic carboxylic acids is 1. The van der Waals surface area contributed by atoms with Gasteiger partial charge in [-0.2, -0.15) is 5.10 Å². The Labute approximate surface area is 122 Å². The Balaban J connectivity index is 2.32. The van der Waals surface area contributed by atoms with Gasteiger partial charge in [-0.05, 0) is 12.0 Å². The third-order valence-corrected chi connectivity index (χ3v) is 3.74. The quantitative estimate of drug-likeness (QED) is 0.879. The number of benzene rings is 1. The smallest absolute Gasteiger partial charge is 0.326 e. The maximum absolute atomic E-state index is 12.4. The van der Waals surface area contributed by atoms with Crippen molar-refractivity contribution in [1.29, 1.82) is 0 Å². The molecule has 1 amide bonds. The average Bonchev–Trinajstić information content (AvgIpc) is 2.81. The van der Waals surface area contributed by atoms with E-state index in [-0.39, 0.29) is 11.6 Å². The summed E-state index contributed by atoms with van der Waals surface area (Å²) in [7, 11) is 1.75. The Morgan fingerprint density at radius 2 is 2.05 bits per heavy atom. The van der Waals surface area contributed by atoms with Crippen LogP contribution in [-0.4, -0.2) is 32.8 Å². The molecule has 0 saturated heterocycles. The first-order chi connectivity index (χ1) is 9.95. The van der Waals surface area contributed by atoms with Crippen molar-refractivity contribution in [3.8, 4) is 0 Å². The fourth-order valence-corrected chi connectivity index (χ4v) is 2.27. The first kappa shape index (κ1) is 15.0. The van der Waals surface area contributed by atoms with Crippen molar-refractivity contribution < 1.29 is 14.7 Å². The number of carbonyl (C=O) groups excluding carboxylic acids is 1. The number of nitrogens with one attached hydrogen (secondary N) is 1. The lowest BCUT2D eigenvalue weighted by Crippen LogP contribution is -2.45. The van der Waals surface area contributed by atoms with Crippen LogP contribution in [0.4, 0.5) is 0 Å². The van der Waals surface area contributed by atoms with Crippen LogP contribution in [0, 0.1) is 5.92 Å². The van der Waals surface area contributed by atoms with Crippen molar-refractivity contribution in [3.63, 3.8) is 0 Å². The number of hydrogen-bond acceptors (Lipinski definition) is 3. The minimum absolute atomic E-state index is 0.151. The van der Waals surface area contributed by atoms with E-state index in [1.54, 1.807) is 24.7 Å². The number of aryl methyl sites for hydroxylation is 1. The van der Waals surface area contributed by atoms with Crippen molar-refractivity contribution in [2.75, 3.05) is 0 Å². The van der Waals surface area contributed by atoms with Gasteiger partial charge in [0.25, 0.3) is 5.91 Å². The SMILES string of the molecule is CCC(C)C(NC(=O)c1nn(C)c2ccccc12)C(=O)O. The summed E-state index contributed by atoms with van der Waals surface area (Å²) in [6.45, 7) is 3.69. The standard InChI is InChI=1S/C15H19N3O3/c1-4-9(2)12(15(20)21)16-14(19)13-10-7-5-6-8-11(10)18(3)17-13/h5-9,12H,4H2,1-3H3,(H,16,19)(H,20,21). The maximum Gasteiger partial charge on any atom is 0.326 e. The normalized spacial score (nSPS) is 13.9. The molecule has 0 aliphatic carbocycles. The van der Waals surface area contributed by atoms with Crippen LogP contribution in [0.1, 0.15) is 30.8 Å². The van der Waals surface area contributed by atoms with Gasteiger partial charge in [0.2, 0.25) is 0 Å². The van der Waals surface area contributed by atoms with E-state index in [0.717, 1.165) is 5.52 Å². The van der Waals surface area contributed by atoms with Crippen molar-refractivity contribution in [3.05, 3.63) is 30.0 Å². The molecule has 2 atom stereocenters. The zero-order valence-corrected chi connectivity index (χ0v) is 12.3. The van der Waals surface area contributed by atoms with Crippen LogP contribution in [0.2, 0.25) is 0 Å². The van der Waals surface area contributed by atoms with E-state index in [0.29, 0.717) is 11.8 Å². The summed E-state index contributed by atoms with van der Waals surface area (Å²) >= 11 is 0. The molecule has 0 radical (unpaired) electrons. The number of aromatic nitrogens is 2. The van der Waals surface area contributed by atoms with Gasteiger partial charge >= 0.3 is 5.97 Å². The van der Waals surface area contributed by atoms with Gasteiger partial charge in [-0.1, -0.05) is 38.5 Å². The van der Waals surface area contributed by atoms with Gasteiger partial charge in [-0.3, -0.25) is 9.48 Å². The van der Waals surface area contributed by atoms with Gasteiger partial charge in [-0.25, -0.2) is 4.79 Å². The number of carboxylic acids is 1. The minimum Gasteiger partial charge on any atom is -0.480 e. The fraction of sp³-hybridized carbons (Fsp3) is 0.400. The molecular formula is C15H19N3O3. The molecule has 2 unspecified atom stereocenters. The molecule has 6 heteroatoms. The van der Waals surface area contributed by atoms with Gasteiger partial charge in [0.1, 0.15) is 6.04 Å². The number of para-hydroxylation sites is 1. The summed E-state index contributed by atoms with van der Waals surface area (Å²) in [5, 5.41) is 16.7. The number of amides is 1. The Morgan fingerprint density at radius 3 is 2.67 bits per heavy atom. The van der Waals surface area contributed by atoms with Crippen LogP contribution < -0.4 is 5.32 Å². The van der Waals surface area contributed by atoms with Crippen LogP contribution in [0.25, 0.3) is 10.9 Å². The first-order valence-electron chi connectivity index (χ1n) is 6.91. The van der Waals surface area contributed by atoms with Crippen molar-refractivity contribution in [2.45, 2.75) is 26.3 Å². The Bertz CT molecular complexity index is 678. The Hall–Kier alpha value is -2.37. The zero-order valence-electron chi connectivity index (χ0n) is 12.3. The molecule has 1 aromatic heterocycles. The average molecular weight is 289 g/mol. The van der Waals surface area contributed by atoms with Gasteiger partial charge in [0, 0.05) is 12.4 Å². The van der Waals surface area contributed by atoms with Gasteiger partial charge in [0.15, 0.2) is 5.69 Å². The highest BCUT2D eigenvalue weighted by molar-refractivity contribution is 6.05. The van der Waals surface area contributed by atoms with E-state index < -0.39 is 17.9 Å². The summed E-state index contributed by atoms with van der Waals surface area (Å²) in [4.78, 5) is 23.7. The molecule has 0 bridgehead atoms. The summed E-state index contributed by atoms with van der Waals surface area (Å²) < 4.78 is 1.61. The number of carbonyl (C=O) groups is 2. The summed E-state index contributed by atoms with van der Waals surface area (Å²) in [5.41, 5.74) is 1.08. The minimum atomic E-state index is -1.03. The largest absolute Gasteiger partial charge is 0.480 e. The van der Waals surface area contributed by atoms with Gasteiger partial charge in [-0.15, -0.1) is 0 Å². The molecule has 0 aliphatic heterocycles. The van der Waals surface area contributed by atoms with E-state index in [2.05, 4.69) is 10.4 Å². The zero-order chi connectivity index (χ0) is 15.6. The molecule has 2 N–H and O–H groups in total. The number of nitrogens with zero attached hydrogens (tertiary/aromatic N) is 2. The Kier molecular flexibility index (Phi) is 4.26. The second-order valence-electron chi connectivity index (χ2n) is 5.16. The van der Waals surface area contributed by atoms with Crippen LogP contribution in [0.3, 0.4) is 0 Å². The molecule has 0 aliphatic rings. The third-order valence-electron chi connectivity index (χ3n) is 3.74. The molecule has 6 nitrogen and oxygen atoms in total. The third kappa shape index (κ3) is 2.89. The molecular weight excluding hydrogens is 270 g/mol. The highest BCUT2D eigenvalue weighted by atomic mass is 16.4. The molecule has 2 aromatic rings. The molecule has 1 heterocycles. The Morgan fingerprint density at radius 1 is 1.38 bits per heavy atom. The van der Waals surface area contributed by atoms with Crippen molar-refractivity contribution in [2.24, 2.45) is 13.0 Å². The molecule has 21 heavy (non-hydrogen) atoms. The summed E-state index contributed by atoms with van der Waals surface area (Å²) in [5.74, 6) is -1.64. The van der Waals surface area contributed by atoms with Crippen LogP contribution in [0.15, 0.2) is 24.3 Å². The second kappa shape index (κ2) is 5.95. The topological polar surface area (TPSA) is 84.2 Å². The molecule has 112 valence electrons. The molecule has 1 aromatic carbocycles. The van der Waals surface area contributed by atoms with Crippen molar-refractivity contribution in [1.82, 2.24) is 15.1 Å². The lowest BCUT2D eigenvalue weighted by Gasteiger charge is -2.19. The summed E-state index contributed by atoms with van der Waals surface area (Å²) in [6.07, 6.45) is 0.667. The predicted octanol–water partition coefficient (Wildman–Crippen LogP) is 1.80. The van der Waals surface area contributed by atoms with Gasteiger partial charge in [0.05, 0.1) is 5.52 Å². The molecule has 0 fully saturated rings. The first-order valence-corrected chi connectivity index (χ1v) is 6.91. The van der Waals surface area contributed by atoms with E-state index in [1.165, 1.54) is 0 Å². The molecule has 0 spiro atoms. The second-order valence-corrected chi connectivity index (χ2v) is 5.16. The maximum atomic E-state index is 12.4. The fourth-order valence-electron chi connectivity index (χ4n) is 2.27. The number of rotatable bonds is 5. The van der Waals surface area contributed by atoms with Crippen LogP contribution in [-0.2, 0) is 11.8 Å².